The summed E-state index contributed by atoms with van der Waals surface area (Å²) in [6.07, 6.45) is 2.98. The van der Waals surface area contributed by atoms with Gasteiger partial charge in [-0.1, -0.05) is 6.42 Å². The van der Waals surface area contributed by atoms with Crippen LogP contribution < -0.4 is 4.74 Å². The molecule has 0 unspecified atom stereocenters. The molecule has 0 aromatic heterocycles. The third kappa shape index (κ3) is 3.94. The van der Waals surface area contributed by atoms with Crippen LogP contribution in [0.1, 0.15) is 43.5 Å². The van der Waals surface area contributed by atoms with Gasteiger partial charge in [-0.2, -0.15) is 0 Å². The van der Waals surface area contributed by atoms with Crippen molar-refractivity contribution in [1.29, 1.82) is 0 Å². The summed E-state index contributed by atoms with van der Waals surface area (Å²) in [5.41, 5.74) is 0.312. The summed E-state index contributed by atoms with van der Waals surface area (Å²) < 4.78 is 19.5. The predicted octanol–water partition coefficient (Wildman–Crippen LogP) is 2.70. The third-order valence-electron chi connectivity index (χ3n) is 4.87. The Bertz CT molecular complexity index is 650. The molecule has 2 fully saturated rings. The fraction of sp³-hybridized carbons (Fsp3) is 0.579. The van der Waals surface area contributed by atoms with Gasteiger partial charge in [-0.25, -0.2) is 4.39 Å². The molecule has 3 rings (SSSR count). The van der Waals surface area contributed by atoms with Crippen LogP contribution in [0, 0.1) is 11.7 Å². The molecule has 5 nitrogen and oxygen atoms in total. The van der Waals surface area contributed by atoms with Crippen molar-refractivity contribution in [2.24, 2.45) is 5.92 Å². The smallest absolute Gasteiger partial charge is 0.254 e. The number of benzene rings is 1. The molecule has 1 aliphatic carbocycles. The van der Waals surface area contributed by atoms with Gasteiger partial charge in [0.1, 0.15) is 0 Å². The van der Waals surface area contributed by atoms with E-state index >= 15 is 0 Å². The van der Waals surface area contributed by atoms with E-state index < -0.39 is 5.82 Å². The van der Waals surface area contributed by atoms with Gasteiger partial charge in [-0.3, -0.25) is 9.59 Å². The second-order valence-corrected chi connectivity index (χ2v) is 7.06. The van der Waals surface area contributed by atoms with E-state index in [1.54, 1.807) is 11.0 Å². The van der Waals surface area contributed by atoms with Crippen molar-refractivity contribution in [1.82, 2.24) is 9.80 Å². The molecule has 1 saturated carbocycles. The predicted molar refractivity (Wildman–Crippen MR) is 92.0 cm³/mol. The Kier molecular flexibility index (Phi) is 5.25. The number of piperazine rings is 1. The number of nitrogens with zero attached hydrogens (tertiary/aromatic N) is 2. The molecule has 1 heterocycles. The van der Waals surface area contributed by atoms with Gasteiger partial charge in [0.05, 0.1) is 6.10 Å². The van der Waals surface area contributed by atoms with E-state index in [1.165, 1.54) is 12.1 Å². The average molecular weight is 348 g/mol. The molecule has 0 spiro atoms. The molecular formula is C19H25FN2O3. The first-order chi connectivity index (χ1) is 12.0. The van der Waals surface area contributed by atoms with Gasteiger partial charge in [-0.05, 0) is 44.9 Å². The molecule has 1 aliphatic heterocycles. The van der Waals surface area contributed by atoms with Crippen molar-refractivity contribution in [3.05, 3.63) is 29.6 Å². The van der Waals surface area contributed by atoms with Crippen LogP contribution in [0.5, 0.6) is 5.75 Å². The summed E-state index contributed by atoms with van der Waals surface area (Å²) in [6.45, 7) is 5.73. The molecule has 2 amide bonds. The van der Waals surface area contributed by atoms with E-state index in [9.17, 15) is 14.0 Å². The quantitative estimate of drug-likeness (QED) is 0.841. The number of halogens is 1. The zero-order valence-electron chi connectivity index (χ0n) is 14.8. The van der Waals surface area contributed by atoms with Crippen molar-refractivity contribution in [2.75, 3.05) is 26.2 Å². The molecule has 0 bridgehead atoms. The largest absolute Gasteiger partial charge is 0.488 e. The van der Waals surface area contributed by atoms with E-state index in [1.807, 2.05) is 18.7 Å². The molecule has 2 aliphatic rings. The van der Waals surface area contributed by atoms with Crippen molar-refractivity contribution in [3.63, 3.8) is 0 Å². The molecular weight excluding hydrogens is 323 g/mol. The van der Waals surface area contributed by atoms with E-state index in [4.69, 9.17) is 4.74 Å². The van der Waals surface area contributed by atoms with Crippen LogP contribution >= 0.6 is 0 Å². The molecule has 6 heteroatoms. The number of carbonyl (C=O) groups is 2. The summed E-state index contributed by atoms with van der Waals surface area (Å²) in [5.74, 6) is -0.170. The molecule has 1 saturated heterocycles. The van der Waals surface area contributed by atoms with Crippen molar-refractivity contribution in [3.8, 4) is 5.75 Å². The second kappa shape index (κ2) is 7.42. The van der Waals surface area contributed by atoms with Crippen LogP contribution in [0.4, 0.5) is 4.39 Å². The normalized spacial score (nSPS) is 18.2. The number of ether oxygens (including phenoxy) is 1. The van der Waals surface area contributed by atoms with Gasteiger partial charge in [-0.15, -0.1) is 0 Å². The highest BCUT2D eigenvalue weighted by molar-refractivity contribution is 5.94. The summed E-state index contributed by atoms with van der Waals surface area (Å²) in [4.78, 5) is 28.4. The molecule has 1 aromatic carbocycles. The van der Waals surface area contributed by atoms with Crippen LogP contribution in [-0.4, -0.2) is 53.9 Å². The fourth-order valence-corrected chi connectivity index (χ4v) is 3.21. The van der Waals surface area contributed by atoms with E-state index in [-0.39, 0.29) is 29.6 Å². The van der Waals surface area contributed by atoms with E-state index in [0.29, 0.717) is 31.7 Å². The highest BCUT2D eigenvalue weighted by atomic mass is 19.1. The number of rotatable bonds is 4. The molecule has 0 atom stereocenters. The minimum absolute atomic E-state index is 0.127. The lowest BCUT2D eigenvalue weighted by molar-refractivity contribution is -0.139. The Labute approximate surface area is 147 Å². The fourth-order valence-electron chi connectivity index (χ4n) is 3.21. The summed E-state index contributed by atoms with van der Waals surface area (Å²) in [6, 6.07) is 4.32. The highest BCUT2D eigenvalue weighted by Gasteiger charge is 2.32. The van der Waals surface area contributed by atoms with Gasteiger partial charge in [0, 0.05) is 37.7 Å². The zero-order valence-corrected chi connectivity index (χ0v) is 14.8. The van der Waals surface area contributed by atoms with Crippen molar-refractivity contribution >= 4 is 11.8 Å². The lowest BCUT2D eigenvalue weighted by Gasteiger charge is -2.38. The topological polar surface area (TPSA) is 49.9 Å². The van der Waals surface area contributed by atoms with Crippen LogP contribution in [0.2, 0.25) is 0 Å². The summed E-state index contributed by atoms with van der Waals surface area (Å²) >= 11 is 0. The highest BCUT2D eigenvalue weighted by Crippen LogP contribution is 2.28. The standard InChI is InChI=1S/C19H25FN2O3/c1-13(2)25-17-7-6-15(12-16(17)20)19(24)22-10-8-21(9-11-22)18(23)14-4-3-5-14/h6-7,12-14H,3-5,8-11H2,1-2H3. The molecule has 25 heavy (non-hydrogen) atoms. The minimum Gasteiger partial charge on any atom is -0.488 e. The van der Waals surface area contributed by atoms with Gasteiger partial charge < -0.3 is 14.5 Å². The molecule has 136 valence electrons. The van der Waals surface area contributed by atoms with Gasteiger partial charge in [0.2, 0.25) is 5.91 Å². The summed E-state index contributed by atoms with van der Waals surface area (Å²) in [5, 5.41) is 0. The lowest BCUT2D eigenvalue weighted by atomic mass is 9.84. The maximum Gasteiger partial charge on any atom is 0.254 e. The van der Waals surface area contributed by atoms with E-state index in [2.05, 4.69) is 0 Å². The SMILES string of the molecule is CC(C)Oc1ccc(C(=O)N2CCN(C(=O)C3CCC3)CC2)cc1F. The Balaban J connectivity index is 1.58. The Hall–Kier alpha value is -2.11. The Morgan fingerprint density at radius 1 is 1.12 bits per heavy atom. The minimum atomic E-state index is -0.529. The number of carbonyl (C=O) groups excluding carboxylic acids is 2. The maximum absolute atomic E-state index is 14.1. The zero-order chi connectivity index (χ0) is 18.0. The maximum atomic E-state index is 14.1. The number of amides is 2. The number of hydrogen-bond acceptors (Lipinski definition) is 3. The third-order valence-corrected chi connectivity index (χ3v) is 4.87. The molecule has 0 N–H and O–H groups in total. The van der Waals surface area contributed by atoms with Gasteiger partial charge in [0.15, 0.2) is 11.6 Å². The molecule has 1 aromatic rings. The Morgan fingerprint density at radius 3 is 2.28 bits per heavy atom. The monoisotopic (exact) mass is 348 g/mol. The average Bonchev–Trinajstić information content (AvgIpc) is 2.54. The first-order valence-electron chi connectivity index (χ1n) is 9.00. The summed E-state index contributed by atoms with van der Waals surface area (Å²) in [7, 11) is 0. The second-order valence-electron chi connectivity index (χ2n) is 7.06. The number of hydrogen-bond donors (Lipinski definition) is 0. The molecule has 0 radical (unpaired) electrons. The van der Waals surface area contributed by atoms with Crippen LogP contribution in [0.3, 0.4) is 0 Å². The van der Waals surface area contributed by atoms with Crippen molar-refractivity contribution < 1.29 is 18.7 Å². The van der Waals surface area contributed by atoms with Crippen LogP contribution in [0.25, 0.3) is 0 Å². The first-order valence-corrected chi connectivity index (χ1v) is 9.00. The first kappa shape index (κ1) is 17.7. The van der Waals surface area contributed by atoms with E-state index in [0.717, 1.165) is 19.3 Å². The Morgan fingerprint density at radius 2 is 1.76 bits per heavy atom. The van der Waals surface area contributed by atoms with Crippen LogP contribution in [0.15, 0.2) is 18.2 Å². The van der Waals surface area contributed by atoms with Crippen LogP contribution in [-0.2, 0) is 4.79 Å². The van der Waals surface area contributed by atoms with Gasteiger partial charge >= 0.3 is 0 Å². The van der Waals surface area contributed by atoms with Gasteiger partial charge in [0.25, 0.3) is 5.91 Å². The van der Waals surface area contributed by atoms with Crippen molar-refractivity contribution in [2.45, 2.75) is 39.2 Å². The lowest BCUT2D eigenvalue weighted by Crippen LogP contribution is -2.52.